The minimum absolute atomic E-state index is 0.0293. The molecular formula is C20H30N4O3. The Morgan fingerprint density at radius 3 is 2.67 bits per heavy atom. The maximum atomic E-state index is 12.7. The van der Waals surface area contributed by atoms with E-state index in [1.807, 2.05) is 30.3 Å². The van der Waals surface area contributed by atoms with Crippen LogP contribution in [-0.2, 0) is 20.8 Å². The molecule has 0 aromatic heterocycles. The number of carbonyl (C=O) groups is 3. The van der Waals surface area contributed by atoms with Gasteiger partial charge in [0.1, 0.15) is 6.04 Å². The molecule has 1 aromatic carbocycles. The molecule has 2 rings (SSSR count). The highest BCUT2D eigenvalue weighted by molar-refractivity contribution is 5.91. The number of amides is 3. The Morgan fingerprint density at radius 2 is 1.96 bits per heavy atom. The van der Waals surface area contributed by atoms with E-state index in [-0.39, 0.29) is 30.3 Å². The Hall–Kier alpha value is -2.41. The van der Waals surface area contributed by atoms with Crippen LogP contribution in [0.4, 0.5) is 0 Å². The van der Waals surface area contributed by atoms with Crippen molar-refractivity contribution in [3.05, 3.63) is 35.9 Å². The van der Waals surface area contributed by atoms with Crippen molar-refractivity contribution in [2.45, 2.75) is 44.7 Å². The molecule has 1 heterocycles. The van der Waals surface area contributed by atoms with Gasteiger partial charge in [0, 0.05) is 13.1 Å². The molecule has 0 saturated carbocycles. The van der Waals surface area contributed by atoms with Crippen molar-refractivity contribution in [1.82, 2.24) is 20.9 Å². The number of hydrogen-bond donors (Lipinski definition) is 3. The smallest absolute Gasteiger partial charge is 0.245 e. The molecule has 1 saturated heterocycles. The van der Waals surface area contributed by atoms with E-state index in [0.717, 1.165) is 24.8 Å². The van der Waals surface area contributed by atoms with Gasteiger partial charge >= 0.3 is 0 Å². The standard InChI is InChI=1S/C20H30N4O3/c1-15(21-2)19(26)23-17-10-6-7-13-24(20(17)27)14-18(25)22-12-11-16-8-4-3-5-9-16/h3-5,8-9,15,17,21H,6-7,10-14H2,1-2H3,(H,22,25)(H,23,26)/t15-,17?/m0/s1. The second kappa shape index (κ2) is 10.7. The molecule has 7 nitrogen and oxygen atoms in total. The van der Waals surface area contributed by atoms with Crippen molar-refractivity contribution in [3.8, 4) is 0 Å². The molecule has 7 heteroatoms. The van der Waals surface area contributed by atoms with Gasteiger partial charge in [0.25, 0.3) is 0 Å². The molecule has 0 aliphatic carbocycles. The van der Waals surface area contributed by atoms with E-state index >= 15 is 0 Å². The fourth-order valence-electron chi connectivity index (χ4n) is 3.04. The lowest BCUT2D eigenvalue weighted by molar-refractivity contribution is -0.139. The van der Waals surface area contributed by atoms with Crippen LogP contribution in [-0.4, -0.2) is 61.4 Å². The van der Waals surface area contributed by atoms with Gasteiger partial charge in [-0.2, -0.15) is 0 Å². The summed E-state index contributed by atoms with van der Waals surface area (Å²) in [5.74, 6) is -0.553. The van der Waals surface area contributed by atoms with Gasteiger partial charge in [0.2, 0.25) is 17.7 Å². The SMILES string of the molecule is CN[C@@H](C)C(=O)NC1CCCCN(CC(=O)NCCc2ccccc2)C1=O. The van der Waals surface area contributed by atoms with Crippen molar-refractivity contribution in [1.29, 1.82) is 0 Å². The van der Waals surface area contributed by atoms with Gasteiger partial charge < -0.3 is 20.9 Å². The highest BCUT2D eigenvalue weighted by Gasteiger charge is 2.30. The Morgan fingerprint density at radius 1 is 1.22 bits per heavy atom. The van der Waals surface area contributed by atoms with E-state index in [0.29, 0.717) is 19.5 Å². The van der Waals surface area contributed by atoms with Crippen LogP contribution >= 0.6 is 0 Å². The average molecular weight is 374 g/mol. The van der Waals surface area contributed by atoms with Crippen LogP contribution in [0.1, 0.15) is 31.7 Å². The largest absolute Gasteiger partial charge is 0.354 e. The number of rotatable bonds is 8. The highest BCUT2D eigenvalue weighted by atomic mass is 16.2. The van der Waals surface area contributed by atoms with Crippen LogP contribution in [0.25, 0.3) is 0 Å². The van der Waals surface area contributed by atoms with Gasteiger partial charge in [-0.3, -0.25) is 14.4 Å². The molecule has 1 aliphatic heterocycles. The summed E-state index contributed by atoms with van der Waals surface area (Å²) in [6.07, 6.45) is 3.03. The van der Waals surface area contributed by atoms with Crippen LogP contribution in [0.3, 0.4) is 0 Å². The molecular weight excluding hydrogens is 344 g/mol. The van der Waals surface area contributed by atoms with Crippen molar-refractivity contribution in [2.75, 3.05) is 26.7 Å². The zero-order valence-electron chi connectivity index (χ0n) is 16.2. The minimum Gasteiger partial charge on any atom is -0.354 e. The fraction of sp³-hybridized carbons (Fsp3) is 0.550. The molecule has 3 amide bonds. The number of nitrogens with one attached hydrogen (secondary N) is 3. The van der Waals surface area contributed by atoms with Gasteiger partial charge in [-0.15, -0.1) is 0 Å². The van der Waals surface area contributed by atoms with Crippen molar-refractivity contribution < 1.29 is 14.4 Å². The van der Waals surface area contributed by atoms with Crippen molar-refractivity contribution in [3.63, 3.8) is 0 Å². The molecule has 27 heavy (non-hydrogen) atoms. The van der Waals surface area contributed by atoms with Crippen molar-refractivity contribution >= 4 is 17.7 Å². The fourth-order valence-corrected chi connectivity index (χ4v) is 3.04. The molecule has 2 atom stereocenters. The van der Waals surface area contributed by atoms with E-state index in [4.69, 9.17) is 0 Å². The van der Waals surface area contributed by atoms with E-state index in [1.165, 1.54) is 0 Å². The molecule has 0 bridgehead atoms. The topological polar surface area (TPSA) is 90.5 Å². The highest BCUT2D eigenvalue weighted by Crippen LogP contribution is 2.12. The van der Waals surface area contributed by atoms with Gasteiger partial charge in [-0.05, 0) is 45.2 Å². The van der Waals surface area contributed by atoms with Gasteiger partial charge in [-0.1, -0.05) is 30.3 Å². The summed E-state index contributed by atoms with van der Waals surface area (Å²) in [7, 11) is 1.70. The quantitative estimate of drug-likeness (QED) is 0.616. The third-order valence-electron chi connectivity index (χ3n) is 4.84. The molecule has 148 valence electrons. The number of likely N-dealkylation sites (N-methyl/N-ethyl adjacent to an activating group) is 1. The predicted octanol–water partition coefficient (Wildman–Crippen LogP) is 0.451. The molecule has 1 unspecified atom stereocenters. The number of nitrogens with zero attached hydrogens (tertiary/aromatic N) is 1. The summed E-state index contributed by atoms with van der Waals surface area (Å²) in [6, 6.07) is 9.00. The lowest BCUT2D eigenvalue weighted by Crippen LogP contribution is -2.53. The molecule has 3 N–H and O–H groups in total. The van der Waals surface area contributed by atoms with Gasteiger partial charge in [0.05, 0.1) is 12.6 Å². The molecule has 1 fully saturated rings. The first kappa shape index (κ1) is 20.9. The lowest BCUT2D eigenvalue weighted by Gasteiger charge is -2.25. The van der Waals surface area contributed by atoms with Crippen LogP contribution < -0.4 is 16.0 Å². The maximum Gasteiger partial charge on any atom is 0.245 e. The average Bonchev–Trinajstić information content (AvgIpc) is 2.84. The predicted molar refractivity (Wildman–Crippen MR) is 104 cm³/mol. The molecule has 1 aliphatic rings. The Balaban J connectivity index is 1.83. The molecule has 0 spiro atoms. The summed E-state index contributed by atoms with van der Waals surface area (Å²) in [4.78, 5) is 38.6. The Labute approximate surface area is 160 Å². The second-order valence-electron chi connectivity index (χ2n) is 6.91. The molecule has 0 radical (unpaired) electrons. The van der Waals surface area contributed by atoms with Crippen LogP contribution in [0, 0.1) is 0 Å². The van der Waals surface area contributed by atoms with E-state index in [1.54, 1.807) is 18.9 Å². The van der Waals surface area contributed by atoms with Gasteiger partial charge in [0.15, 0.2) is 0 Å². The number of hydrogen-bond acceptors (Lipinski definition) is 4. The summed E-state index contributed by atoms with van der Waals surface area (Å²) in [5, 5.41) is 8.54. The first-order valence-electron chi connectivity index (χ1n) is 9.58. The third kappa shape index (κ3) is 6.67. The zero-order chi connectivity index (χ0) is 19.6. The van der Waals surface area contributed by atoms with E-state index in [9.17, 15) is 14.4 Å². The summed E-state index contributed by atoms with van der Waals surface area (Å²) < 4.78 is 0. The Kier molecular flexibility index (Phi) is 8.26. The van der Waals surface area contributed by atoms with Crippen LogP contribution in [0.5, 0.6) is 0 Å². The number of likely N-dealkylation sites (tertiary alicyclic amines) is 1. The maximum absolute atomic E-state index is 12.7. The van der Waals surface area contributed by atoms with E-state index < -0.39 is 6.04 Å². The minimum atomic E-state index is -0.562. The zero-order valence-corrected chi connectivity index (χ0v) is 16.2. The second-order valence-corrected chi connectivity index (χ2v) is 6.91. The lowest BCUT2D eigenvalue weighted by atomic mass is 10.1. The summed E-state index contributed by atoms with van der Waals surface area (Å²) >= 11 is 0. The monoisotopic (exact) mass is 374 g/mol. The van der Waals surface area contributed by atoms with Crippen LogP contribution in [0.15, 0.2) is 30.3 Å². The van der Waals surface area contributed by atoms with Gasteiger partial charge in [-0.25, -0.2) is 0 Å². The van der Waals surface area contributed by atoms with E-state index in [2.05, 4.69) is 16.0 Å². The van der Waals surface area contributed by atoms with Crippen molar-refractivity contribution in [2.24, 2.45) is 0 Å². The normalized spacial score (nSPS) is 18.5. The summed E-state index contributed by atoms with van der Waals surface area (Å²) in [6.45, 7) is 2.85. The number of carbonyl (C=O) groups excluding carboxylic acids is 3. The Bertz CT molecular complexity index is 635. The first-order valence-corrected chi connectivity index (χ1v) is 9.58. The number of benzene rings is 1. The summed E-state index contributed by atoms with van der Waals surface area (Å²) in [5.41, 5.74) is 1.16. The first-order chi connectivity index (χ1) is 13.0. The third-order valence-corrected chi connectivity index (χ3v) is 4.84. The molecule has 1 aromatic rings. The van der Waals surface area contributed by atoms with Crippen LogP contribution in [0.2, 0.25) is 0 Å².